The van der Waals surface area contributed by atoms with E-state index in [1.165, 1.54) is 17.0 Å². The summed E-state index contributed by atoms with van der Waals surface area (Å²) in [5.74, 6) is -0.989. The molecular formula is C30H23N5O7S. The van der Waals surface area contributed by atoms with Crippen molar-refractivity contribution in [2.24, 2.45) is 0 Å². The monoisotopic (exact) mass is 597 g/mol. The van der Waals surface area contributed by atoms with Gasteiger partial charge in [-0.1, -0.05) is 17.7 Å². The van der Waals surface area contributed by atoms with E-state index in [-0.39, 0.29) is 22.2 Å². The first-order chi connectivity index (χ1) is 20.4. The molecule has 1 fully saturated rings. The van der Waals surface area contributed by atoms with Crippen LogP contribution in [0.4, 0.5) is 17.1 Å². The van der Waals surface area contributed by atoms with Crippen molar-refractivity contribution in [3.05, 3.63) is 121 Å². The quantitative estimate of drug-likeness (QED) is 0.0917. The molecule has 12 nitrogen and oxygen atoms in total. The first kappa shape index (κ1) is 28.8. The van der Waals surface area contributed by atoms with Crippen LogP contribution in [0.5, 0.6) is 11.5 Å². The Bertz CT molecular complexity index is 1860. The molecule has 1 N–H and O–H groups in total. The third-order valence-electron chi connectivity index (χ3n) is 6.84. The van der Waals surface area contributed by atoms with E-state index in [1.807, 2.05) is 43.5 Å². The zero-order chi connectivity index (χ0) is 31.0. The van der Waals surface area contributed by atoms with Crippen LogP contribution in [0.2, 0.25) is 0 Å². The summed E-state index contributed by atoms with van der Waals surface area (Å²) < 4.78 is 7.58. The first-order valence-corrected chi connectivity index (χ1v) is 13.2. The molecule has 0 radical (unpaired) electrons. The Balaban J connectivity index is 1.43. The molecule has 1 aliphatic rings. The molecule has 5 rings (SSSR count). The molecule has 1 saturated heterocycles. The molecule has 0 spiro atoms. The zero-order valence-corrected chi connectivity index (χ0v) is 23.9. The van der Waals surface area contributed by atoms with E-state index < -0.39 is 33.0 Å². The largest absolute Gasteiger partial charge is 0.450 e. The average Bonchev–Trinajstić information content (AvgIpc) is 3.24. The fraction of sp³-hybridized carbons (Fsp3) is 0.100. The third-order valence-corrected chi connectivity index (χ3v) is 7.12. The van der Waals surface area contributed by atoms with Crippen LogP contribution >= 0.6 is 12.2 Å². The minimum atomic E-state index is -0.746. The van der Waals surface area contributed by atoms with Gasteiger partial charge in [0.2, 0.25) is 5.75 Å². The Morgan fingerprint density at radius 3 is 2.14 bits per heavy atom. The van der Waals surface area contributed by atoms with E-state index in [2.05, 4.69) is 5.32 Å². The van der Waals surface area contributed by atoms with Crippen molar-refractivity contribution < 1.29 is 24.2 Å². The van der Waals surface area contributed by atoms with Gasteiger partial charge in [-0.15, -0.1) is 0 Å². The van der Waals surface area contributed by atoms with E-state index in [0.717, 1.165) is 34.8 Å². The number of anilines is 1. The minimum Gasteiger partial charge on any atom is -0.450 e. The van der Waals surface area contributed by atoms with Crippen LogP contribution in [0, 0.1) is 41.0 Å². The normalized spacial score (nSPS) is 14.2. The van der Waals surface area contributed by atoms with Gasteiger partial charge in [0.1, 0.15) is 11.3 Å². The Labute approximate surface area is 250 Å². The Hall–Kier alpha value is -5.69. The summed E-state index contributed by atoms with van der Waals surface area (Å²) in [6.45, 7) is 5.64. The highest BCUT2D eigenvalue weighted by molar-refractivity contribution is 7.80. The number of amides is 2. The number of carbonyl (C=O) groups excluding carboxylic acids is 2. The van der Waals surface area contributed by atoms with Gasteiger partial charge >= 0.3 is 5.69 Å². The van der Waals surface area contributed by atoms with E-state index >= 15 is 0 Å². The molecule has 43 heavy (non-hydrogen) atoms. The fourth-order valence-corrected chi connectivity index (χ4v) is 4.99. The van der Waals surface area contributed by atoms with Crippen LogP contribution in [-0.4, -0.2) is 31.3 Å². The topological polar surface area (TPSA) is 150 Å². The lowest BCUT2D eigenvalue weighted by Gasteiger charge is -2.29. The summed E-state index contributed by atoms with van der Waals surface area (Å²) in [4.78, 5) is 48.5. The highest BCUT2D eigenvalue weighted by Crippen LogP contribution is 2.35. The van der Waals surface area contributed by atoms with Crippen LogP contribution < -0.4 is 15.0 Å². The molecule has 13 heteroatoms. The zero-order valence-electron chi connectivity index (χ0n) is 23.1. The molecule has 0 saturated carbocycles. The maximum absolute atomic E-state index is 13.4. The number of ether oxygens (including phenoxy) is 1. The van der Waals surface area contributed by atoms with Crippen molar-refractivity contribution >= 4 is 52.3 Å². The number of non-ortho nitro benzene ring substituents is 1. The van der Waals surface area contributed by atoms with Gasteiger partial charge < -0.3 is 9.30 Å². The lowest BCUT2D eigenvalue weighted by molar-refractivity contribution is -0.394. The van der Waals surface area contributed by atoms with E-state index in [9.17, 15) is 29.8 Å². The number of nitro groups is 2. The fourth-order valence-electron chi connectivity index (χ4n) is 4.71. The number of benzene rings is 3. The van der Waals surface area contributed by atoms with E-state index in [4.69, 9.17) is 17.0 Å². The van der Waals surface area contributed by atoms with Crippen molar-refractivity contribution in [2.45, 2.75) is 20.8 Å². The summed E-state index contributed by atoms with van der Waals surface area (Å²) >= 11 is 5.29. The molecule has 2 heterocycles. The number of carbonyl (C=O) groups is 2. The number of rotatable bonds is 7. The van der Waals surface area contributed by atoms with E-state index in [0.29, 0.717) is 11.3 Å². The van der Waals surface area contributed by atoms with Crippen molar-refractivity contribution in [2.75, 3.05) is 4.90 Å². The lowest BCUT2D eigenvalue weighted by atomic mass is 10.1. The van der Waals surface area contributed by atoms with Gasteiger partial charge in [0.15, 0.2) is 5.11 Å². The molecular weight excluding hydrogens is 574 g/mol. The second-order valence-corrected chi connectivity index (χ2v) is 10.1. The second kappa shape index (κ2) is 11.3. The Morgan fingerprint density at radius 1 is 0.860 bits per heavy atom. The number of hydrogen-bond donors (Lipinski definition) is 1. The van der Waals surface area contributed by atoms with Crippen LogP contribution in [0.3, 0.4) is 0 Å². The van der Waals surface area contributed by atoms with Gasteiger partial charge in [-0.3, -0.25) is 40.0 Å². The van der Waals surface area contributed by atoms with Crippen LogP contribution in [0.15, 0.2) is 78.4 Å². The number of nitrogens with zero attached hydrogens (tertiary/aromatic N) is 4. The predicted octanol–water partition coefficient (Wildman–Crippen LogP) is 5.84. The molecule has 4 aromatic rings. The van der Waals surface area contributed by atoms with Gasteiger partial charge in [-0.05, 0) is 93.2 Å². The Kier molecular flexibility index (Phi) is 7.57. The van der Waals surface area contributed by atoms with Crippen LogP contribution in [-0.2, 0) is 9.59 Å². The molecule has 1 aromatic heterocycles. The van der Waals surface area contributed by atoms with Gasteiger partial charge in [0, 0.05) is 23.1 Å². The summed E-state index contributed by atoms with van der Waals surface area (Å²) in [6, 6.07) is 18.9. The molecule has 216 valence electrons. The first-order valence-electron chi connectivity index (χ1n) is 12.8. The SMILES string of the molecule is Cc1ccc(N2C(=O)/C(=C/c3cc(C)n(-c4ccc(Oc5ccc([N+](=O)[O-])cc5[N+](=O)[O-])cc4)c3C)C(=O)NC2=S)cc1. The van der Waals surface area contributed by atoms with E-state index in [1.54, 1.807) is 36.4 Å². The molecule has 0 unspecified atom stereocenters. The van der Waals surface area contributed by atoms with Gasteiger partial charge in [-0.25, -0.2) is 0 Å². The number of nitro benzene ring substituents is 2. The lowest BCUT2D eigenvalue weighted by Crippen LogP contribution is -2.54. The summed E-state index contributed by atoms with van der Waals surface area (Å²) in [5.41, 5.74) is 3.48. The van der Waals surface area contributed by atoms with Crippen LogP contribution in [0.1, 0.15) is 22.5 Å². The maximum Gasteiger partial charge on any atom is 0.318 e. The summed E-state index contributed by atoms with van der Waals surface area (Å²) in [6.07, 6.45) is 1.53. The predicted molar refractivity (Wildman–Crippen MR) is 162 cm³/mol. The van der Waals surface area contributed by atoms with Gasteiger partial charge in [-0.2, -0.15) is 0 Å². The highest BCUT2D eigenvalue weighted by Gasteiger charge is 2.34. The standard InChI is InChI=1S/C30H23N5O7S/c1-17-4-6-22(7-5-17)33-29(37)25(28(36)31-30(33)43)15-20-14-18(2)32(19(20)3)21-8-11-24(12-9-21)42-27-13-10-23(34(38)39)16-26(27)35(40)41/h4-16H,1-3H3,(H,31,36,43)/b25-15+. The second-order valence-electron chi connectivity index (χ2n) is 9.72. The molecule has 0 aliphatic carbocycles. The summed E-state index contributed by atoms with van der Waals surface area (Å²) in [5, 5.41) is 25.0. The van der Waals surface area contributed by atoms with Crippen molar-refractivity contribution in [1.82, 2.24) is 9.88 Å². The number of aromatic nitrogens is 1. The van der Waals surface area contributed by atoms with Crippen LogP contribution in [0.25, 0.3) is 11.8 Å². The smallest absolute Gasteiger partial charge is 0.318 e. The Morgan fingerprint density at radius 2 is 1.51 bits per heavy atom. The number of nitrogens with one attached hydrogen (secondary N) is 1. The molecule has 2 amide bonds. The molecule has 0 bridgehead atoms. The molecule has 3 aromatic carbocycles. The van der Waals surface area contributed by atoms with Crippen molar-refractivity contribution in [1.29, 1.82) is 0 Å². The highest BCUT2D eigenvalue weighted by atomic mass is 32.1. The summed E-state index contributed by atoms with van der Waals surface area (Å²) in [7, 11) is 0. The maximum atomic E-state index is 13.4. The third kappa shape index (κ3) is 5.61. The number of hydrogen-bond acceptors (Lipinski definition) is 8. The van der Waals surface area contributed by atoms with Gasteiger partial charge in [0.25, 0.3) is 17.5 Å². The van der Waals surface area contributed by atoms with Crippen molar-refractivity contribution in [3.8, 4) is 17.2 Å². The molecule has 0 atom stereocenters. The molecule has 1 aliphatic heterocycles. The number of thiocarbonyl (C=S) groups is 1. The van der Waals surface area contributed by atoms with Gasteiger partial charge in [0.05, 0.1) is 21.6 Å². The van der Waals surface area contributed by atoms with Crippen molar-refractivity contribution in [3.63, 3.8) is 0 Å². The number of aryl methyl sites for hydroxylation is 2. The minimum absolute atomic E-state index is 0.00263. The average molecular weight is 598 g/mol.